The summed E-state index contributed by atoms with van der Waals surface area (Å²) in [6, 6.07) is 26.1. The highest BCUT2D eigenvalue weighted by atomic mass is 32.2. The average Bonchev–Trinajstić information content (AvgIpc) is 3.43. The van der Waals surface area contributed by atoms with Gasteiger partial charge in [-0.25, -0.2) is 4.79 Å². The summed E-state index contributed by atoms with van der Waals surface area (Å²) < 4.78 is 6.87. The second kappa shape index (κ2) is 16.8. The van der Waals surface area contributed by atoms with Crippen molar-refractivity contribution in [1.82, 2.24) is 14.8 Å². The Labute approximate surface area is 308 Å². The Morgan fingerprint density at radius 2 is 1.62 bits per heavy atom. The summed E-state index contributed by atoms with van der Waals surface area (Å²) in [7, 11) is 1.34. The molecule has 10 heteroatoms. The highest BCUT2D eigenvalue weighted by Crippen LogP contribution is 2.30. The quantitative estimate of drug-likeness (QED) is 0.0743. The van der Waals surface area contributed by atoms with Crippen LogP contribution in [-0.4, -0.2) is 51.2 Å². The molecule has 0 unspecified atom stereocenters. The molecule has 1 aliphatic rings. The number of ether oxygens (including phenoxy) is 1. The van der Waals surface area contributed by atoms with Gasteiger partial charge in [0.15, 0.2) is 5.17 Å². The molecule has 1 N–H and O–H groups in total. The number of aliphatic imine (C=N–C) groups is 1. The number of methoxy groups -OCH3 is 1. The van der Waals surface area contributed by atoms with Crippen LogP contribution in [-0.2, 0) is 19.1 Å². The Morgan fingerprint density at radius 1 is 0.962 bits per heavy atom. The van der Waals surface area contributed by atoms with Gasteiger partial charge in [0, 0.05) is 22.8 Å². The van der Waals surface area contributed by atoms with Gasteiger partial charge in [-0.1, -0.05) is 97.2 Å². The summed E-state index contributed by atoms with van der Waals surface area (Å²) in [6.07, 6.45) is 8.25. The van der Waals surface area contributed by atoms with Gasteiger partial charge in [-0.15, -0.1) is 0 Å². The smallest absolute Gasteiger partial charge is 0.337 e. The third-order valence-electron chi connectivity index (χ3n) is 8.54. The lowest BCUT2D eigenvalue weighted by molar-refractivity contribution is -0.126. The van der Waals surface area contributed by atoms with Gasteiger partial charge in [0.2, 0.25) is 5.91 Å². The van der Waals surface area contributed by atoms with Gasteiger partial charge in [0.1, 0.15) is 5.57 Å². The van der Waals surface area contributed by atoms with Crippen LogP contribution in [0.2, 0.25) is 0 Å². The first kappa shape index (κ1) is 37.3. The van der Waals surface area contributed by atoms with Crippen LogP contribution >= 0.6 is 11.8 Å². The first-order valence-electron chi connectivity index (χ1n) is 16.6. The predicted octanol–water partition coefficient (Wildman–Crippen LogP) is 7.58. The van der Waals surface area contributed by atoms with Crippen molar-refractivity contribution in [2.45, 2.75) is 33.7 Å². The normalized spacial score (nSPS) is 14.3. The molecule has 0 radical (unpaired) electrons. The molecule has 52 heavy (non-hydrogen) atoms. The van der Waals surface area contributed by atoms with Gasteiger partial charge in [0.25, 0.3) is 11.8 Å². The molecule has 0 bridgehead atoms. The van der Waals surface area contributed by atoms with Gasteiger partial charge in [-0.3, -0.25) is 19.3 Å². The van der Waals surface area contributed by atoms with E-state index in [-0.39, 0.29) is 22.4 Å². The fourth-order valence-electron chi connectivity index (χ4n) is 6.00. The predicted molar refractivity (Wildman–Crippen MR) is 207 cm³/mol. The van der Waals surface area contributed by atoms with E-state index in [9.17, 15) is 19.2 Å². The van der Waals surface area contributed by atoms with Crippen molar-refractivity contribution in [1.29, 1.82) is 0 Å². The van der Waals surface area contributed by atoms with E-state index in [0.717, 1.165) is 45.5 Å². The van der Waals surface area contributed by atoms with E-state index in [1.54, 1.807) is 49.4 Å². The SMILES string of the molecule is C=C/C=C\C(=C/C)N1C(=O)/C(=C/c2cc(C)n(-c3ccc(C(=O)OC)cc3C)c2C)C(=O)N=C1SCC(=O)NC(c1ccccc1)c1ccccc1. The van der Waals surface area contributed by atoms with Crippen LogP contribution in [0.1, 0.15) is 57.0 Å². The number of benzene rings is 3. The van der Waals surface area contributed by atoms with Crippen LogP contribution in [0, 0.1) is 20.8 Å². The molecule has 0 saturated carbocycles. The third-order valence-corrected chi connectivity index (χ3v) is 9.48. The molecule has 1 aliphatic heterocycles. The molecule has 9 nitrogen and oxygen atoms in total. The lowest BCUT2D eigenvalue weighted by atomic mass is 9.99. The fourth-order valence-corrected chi connectivity index (χ4v) is 6.81. The van der Waals surface area contributed by atoms with Crippen molar-refractivity contribution >= 4 is 46.7 Å². The van der Waals surface area contributed by atoms with Crippen molar-refractivity contribution in [2.24, 2.45) is 4.99 Å². The fraction of sp³-hybridized carbons (Fsp3) is 0.167. The van der Waals surface area contributed by atoms with Crippen LogP contribution < -0.4 is 5.32 Å². The molecule has 0 fully saturated rings. The second-order valence-corrected chi connectivity index (χ2v) is 12.9. The number of hydrogen-bond donors (Lipinski definition) is 1. The topological polar surface area (TPSA) is 110 Å². The van der Waals surface area contributed by atoms with E-state index in [4.69, 9.17) is 4.74 Å². The molecule has 264 valence electrons. The van der Waals surface area contributed by atoms with Crippen LogP contribution in [0.4, 0.5) is 0 Å². The van der Waals surface area contributed by atoms with Gasteiger partial charge in [0.05, 0.1) is 24.5 Å². The van der Waals surface area contributed by atoms with E-state index in [1.807, 2.05) is 98.1 Å². The molecule has 3 amide bonds. The summed E-state index contributed by atoms with van der Waals surface area (Å²) >= 11 is 1.01. The van der Waals surface area contributed by atoms with Crippen LogP contribution in [0.5, 0.6) is 0 Å². The summed E-state index contributed by atoms with van der Waals surface area (Å²) in [4.78, 5) is 59.1. The molecule has 0 aliphatic carbocycles. The Hall–Kier alpha value is -6.00. The lowest BCUT2D eigenvalue weighted by Gasteiger charge is -2.28. The lowest BCUT2D eigenvalue weighted by Crippen LogP contribution is -2.42. The minimum Gasteiger partial charge on any atom is -0.465 e. The minimum absolute atomic E-state index is 0.0897. The maximum Gasteiger partial charge on any atom is 0.337 e. The van der Waals surface area contributed by atoms with Gasteiger partial charge >= 0.3 is 5.97 Å². The number of aryl methyl sites for hydroxylation is 2. The number of allylic oxidation sites excluding steroid dienone is 4. The number of hydrogen-bond acceptors (Lipinski definition) is 6. The Balaban J connectivity index is 1.46. The summed E-state index contributed by atoms with van der Waals surface area (Å²) in [6.45, 7) is 11.2. The standard InChI is InChI=1S/C42H40N4O5S/c1-7-9-20-34(8-2)46-40(49)35(25-33-24-28(4)45(29(33)5)36-22-21-32(23-27(36)3)41(50)51-6)39(48)44-42(46)52-26-37(47)43-38(30-16-12-10-13-17-30)31-18-14-11-15-19-31/h7-25,38H,1,26H2,2-6H3,(H,43,47)/b20-9-,34-8+,35-25+. The van der Waals surface area contributed by atoms with Crippen molar-refractivity contribution in [3.05, 3.63) is 166 Å². The third kappa shape index (κ3) is 8.14. The highest BCUT2D eigenvalue weighted by molar-refractivity contribution is 8.14. The maximum atomic E-state index is 14.3. The highest BCUT2D eigenvalue weighted by Gasteiger charge is 2.35. The Bertz CT molecular complexity index is 2110. The Morgan fingerprint density at radius 3 is 2.19 bits per heavy atom. The molecule has 2 heterocycles. The molecular formula is C42H40N4O5S. The van der Waals surface area contributed by atoms with E-state index in [0.29, 0.717) is 16.8 Å². The monoisotopic (exact) mass is 712 g/mol. The first-order valence-corrected chi connectivity index (χ1v) is 17.6. The number of aromatic nitrogens is 1. The molecule has 0 spiro atoms. The zero-order valence-corrected chi connectivity index (χ0v) is 30.6. The van der Waals surface area contributed by atoms with Gasteiger partial charge in [-0.2, -0.15) is 4.99 Å². The van der Waals surface area contributed by atoms with Crippen LogP contribution in [0.3, 0.4) is 0 Å². The number of carbonyl (C=O) groups excluding carboxylic acids is 4. The average molecular weight is 713 g/mol. The molecule has 5 rings (SSSR count). The number of thioether (sulfide) groups is 1. The maximum absolute atomic E-state index is 14.3. The molecule has 0 saturated heterocycles. The van der Waals surface area contributed by atoms with Crippen molar-refractivity contribution in [2.75, 3.05) is 12.9 Å². The number of nitrogens with zero attached hydrogens (tertiary/aromatic N) is 3. The molecule has 3 aromatic carbocycles. The number of nitrogens with one attached hydrogen (secondary N) is 1. The van der Waals surface area contributed by atoms with Crippen molar-refractivity contribution < 1.29 is 23.9 Å². The van der Waals surface area contributed by atoms with E-state index >= 15 is 0 Å². The van der Waals surface area contributed by atoms with Crippen molar-refractivity contribution in [3.63, 3.8) is 0 Å². The zero-order valence-electron chi connectivity index (χ0n) is 29.8. The number of amidine groups is 1. The van der Waals surface area contributed by atoms with E-state index in [2.05, 4.69) is 16.9 Å². The zero-order chi connectivity index (χ0) is 37.4. The largest absolute Gasteiger partial charge is 0.465 e. The van der Waals surface area contributed by atoms with E-state index in [1.165, 1.54) is 12.0 Å². The molecule has 4 aromatic rings. The van der Waals surface area contributed by atoms with Crippen LogP contribution in [0.15, 0.2) is 132 Å². The summed E-state index contributed by atoms with van der Waals surface area (Å²) in [5.74, 6) is -2.09. The number of rotatable bonds is 11. The summed E-state index contributed by atoms with van der Waals surface area (Å²) in [5.41, 5.74) is 6.63. The molecule has 1 aromatic heterocycles. The Kier molecular flexibility index (Phi) is 12.0. The van der Waals surface area contributed by atoms with Gasteiger partial charge in [-0.05, 0) is 86.4 Å². The van der Waals surface area contributed by atoms with Crippen LogP contribution in [0.25, 0.3) is 11.8 Å². The second-order valence-electron chi connectivity index (χ2n) is 12.0. The first-order chi connectivity index (χ1) is 25.1. The number of esters is 1. The molecular weight excluding hydrogens is 673 g/mol. The van der Waals surface area contributed by atoms with Crippen molar-refractivity contribution in [3.8, 4) is 5.69 Å². The number of amides is 3. The minimum atomic E-state index is -0.706. The summed E-state index contributed by atoms with van der Waals surface area (Å²) in [5, 5.41) is 3.20. The number of carbonyl (C=O) groups is 4. The molecule has 0 atom stereocenters. The van der Waals surface area contributed by atoms with Gasteiger partial charge < -0.3 is 14.6 Å². The van der Waals surface area contributed by atoms with E-state index < -0.39 is 23.8 Å².